The largest absolute Gasteiger partial charge is 0.493 e. The molecule has 0 N–H and O–H groups in total. The summed E-state index contributed by atoms with van der Waals surface area (Å²) in [7, 11) is 1.60. The molecule has 0 radical (unpaired) electrons. The summed E-state index contributed by atoms with van der Waals surface area (Å²) >= 11 is 0. The predicted octanol–water partition coefficient (Wildman–Crippen LogP) is 3.86. The molecule has 0 fully saturated rings. The van der Waals surface area contributed by atoms with Gasteiger partial charge in [0.05, 0.1) is 18.6 Å². The second-order valence-corrected chi connectivity index (χ2v) is 5.65. The van der Waals surface area contributed by atoms with E-state index in [1.54, 1.807) is 25.3 Å². The average Bonchev–Trinajstić information content (AvgIpc) is 3.30. The highest BCUT2D eigenvalue weighted by atomic mass is 16.6. The zero-order valence-electron chi connectivity index (χ0n) is 13.4. The molecule has 0 aliphatic carbocycles. The second-order valence-electron chi connectivity index (χ2n) is 5.65. The van der Waals surface area contributed by atoms with E-state index >= 15 is 0 Å². The lowest BCUT2D eigenvalue weighted by molar-refractivity contribution is -0.384. The van der Waals surface area contributed by atoms with Crippen LogP contribution in [-0.2, 0) is 6.42 Å². The zero-order chi connectivity index (χ0) is 17.4. The Kier molecular flexibility index (Phi) is 3.61. The quantitative estimate of drug-likeness (QED) is 0.530. The maximum atomic E-state index is 10.9. The first-order chi connectivity index (χ1) is 12.2. The first kappa shape index (κ1) is 15.2. The molecule has 25 heavy (non-hydrogen) atoms. The summed E-state index contributed by atoms with van der Waals surface area (Å²) in [4.78, 5) is 10.5. The zero-order valence-corrected chi connectivity index (χ0v) is 13.4. The van der Waals surface area contributed by atoms with Crippen molar-refractivity contribution in [3.8, 4) is 34.1 Å². The lowest BCUT2D eigenvalue weighted by atomic mass is 10.0. The highest BCUT2D eigenvalue weighted by Crippen LogP contribution is 2.40. The molecule has 0 bridgehead atoms. The van der Waals surface area contributed by atoms with Gasteiger partial charge in [0.25, 0.3) is 5.69 Å². The van der Waals surface area contributed by atoms with E-state index in [-0.39, 0.29) is 5.69 Å². The molecule has 1 aliphatic rings. The van der Waals surface area contributed by atoms with Gasteiger partial charge in [-0.15, -0.1) is 0 Å². The number of rotatable bonds is 4. The van der Waals surface area contributed by atoms with Crippen LogP contribution in [-0.4, -0.2) is 23.8 Å². The van der Waals surface area contributed by atoms with E-state index in [1.165, 1.54) is 12.1 Å². The van der Waals surface area contributed by atoms with Gasteiger partial charge in [0.15, 0.2) is 17.3 Å². The minimum Gasteiger partial charge on any atom is -0.493 e. The Hall–Kier alpha value is -3.35. The summed E-state index contributed by atoms with van der Waals surface area (Å²) in [5, 5.41) is 15.0. The first-order valence-corrected chi connectivity index (χ1v) is 7.71. The third kappa shape index (κ3) is 2.69. The van der Waals surface area contributed by atoms with Gasteiger partial charge in [0.1, 0.15) is 5.69 Å². The molecule has 0 unspecified atom stereocenters. The van der Waals surface area contributed by atoms with Crippen LogP contribution < -0.4 is 9.47 Å². The van der Waals surface area contributed by atoms with Crippen LogP contribution in [0, 0.1) is 10.1 Å². The van der Waals surface area contributed by atoms with Crippen molar-refractivity contribution in [2.24, 2.45) is 0 Å². The monoisotopic (exact) mass is 338 g/mol. The number of non-ortho nitro benzene ring substituents is 1. The van der Waals surface area contributed by atoms with Gasteiger partial charge in [-0.05, 0) is 12.1 Å². The van der Waals surface area contributed by atoms with Crippen LogP contribution in [0.1, 0.15) is 5.56 Å². The molecule has 0 atom stereocenters. The summed E-state index contributed by atoms with van der Waals surface area (Å²) in [6.07, 6.45) is 0.815. The van der Waals surface area contributed by atoms with E-state index in [0.29, 0.717) is 29.4 Å². The van der Waals surface area contributed by atoms with Gasteiger partial charge in [-0.3, -0.25) is 10.1 Å². The van der Waals surface area contributed by atoms with Crippen molar-refractivity contribution in [3.63, 3.8) is 0 Å². The molecule has 0 spiro atoms. The van der Waals surface area contributed by atoms with Crippen molar-refractivity contribution in [2.75, 3.05) is 13.7 Å². The number of fused-ring (bicyclic) bond motifs is 1. The molecule has 7 heteroatoms. The molecular formula is C18H14N2O5. The van der Waals surface area contributed by atoms with Crippen LogP contribution in [0.5, 0.6) is 11.5 Å². The van der Waals surface area contributed by atoms with Crippen molar-refractivity contribution in [1.82, 2.24) is 5.16 Å². The molecule has 126 valence electrons. The minimum atomic E-state index is -0.438. The number of nitro benzene ring substituents is 1. The van der Waals surface area contributed by atoms with E-state index in [4.69, 9.17) is 14.0 Å². The highest BCUT2D eigenvalue weighted by molar-refractivity contribution is 5.71. The minimum absolute atomic E-state index is 0.00630. The van der Waals surface area contributed by atoms with Gasteiger partial charge in [-0.1, -0.05) is 17.3 Å². The van der Waals surface area contributed by atoms with E-state index in [9.17, 15) is 10.1 Å². The number of benzene rings is 2. The number of ether oxygens (including phenoxy) is 2. The predicted molar refractivity (Wildman–Crippen MR) is 89.8 cm³/mol. The van der Waals surface area contributed by atoms with Gasteiger partial charge in [0.2, 0.25) is 0 Å². The summed E-state index contributed by atoms with van der Waals surface area (Å²) < 4.78 is 16.4. The molecule has 4 rings (SSSR count). The maximum Gasteiger partial charge on any atom is 0.270 e. The maximum absolute atomic E-state index is 10.9. The Balaban J connectivity index is 1.73. The standard InChI is InChI=1S/C18H14N2O5/c1-23-17-9-13(7-12-5-6-24-18(12)17)15-10-16(25-19-15)11-3-2-4-14(8-11)20(21)22/h2-4,7-10H,5-6H2,1H3. The summed E-state index contributed by atoms with van der Waals surface area (Å²) in [5.41, 5.74) is 3.15. The fourth-order valence-electron chi connectivity index (χ4n) is 2.89. The van der Waals surface area contributed by atoms with Crippen molar-refractivity contribution < 1.29 is 18.9 Å². The second kappa shape index (κ2) is 5.94. The highest BCUT2D eigenvalue weighted by Gasteiger charge is 2.20. The van der Waals surface area contributed by atoms with Crippen LogP contribution in [0.3, 0.4) is 0 Å². The average molecular weight is 338 g/mol. The Morgan fingerprint density at radius 1 is 1.20 bits per heavy atom. The number of nitrogens with zero attached hydrogens (tertiary/aromatic N) is 2. The van der Waals surface area contributed by atoms with Crippen molar-refractivity contribution in [2.45, 2.75) is 6.42 Å². The van der Waals surface area contributed by atoms with Gasteiger partial charge in [0, 0.05) is 41.3 Å². The molecule has 1 aromatic heterocycles. The fraction of sp³-hybridized carbons (Fsp3) is 0.167. The molecular weight excluding hydrogens is 324 g/mol. The van der Waals surface area contributed by atoms with Crippen LogP contribution in [0.4, 0.5) is 5.69 Å². The van der Waals surface area contributed by atoms with Crippen LogP contribution in [0.25, 0.3) is 22.6 Å². The summed E-state index contributed by atoms with van der Waals surface area (Å²) in [6.45, 7) is 0.632. The molecule has 7 nitrogen and oxygen atoms in total. The lowest BCUT2D eigenvalue weighted by Crippen LogP contribution is -1.91. The molecule has 1 aliphatic heterocycles. The van der Waals surface area contributed by atoms with E-state index in [1.807, 2.05) is 12.1 Å². The fourth-order valence-corrected chi connectivity index (χ4v) is 2.89. The lowest BCUT2D eigenvalue weighted by Gasteiger charge is -2.08. The topological polar surface area (TPSA) is 87.6 Å². The van der Waals surface area contributed by atoms with Crippen LogP contribution in [0.2, 0.25) is 0 Å². The Morgan fingerprint density at radius 2 is 2.08 bits per heavy atom. The van der Waals surface area contributed by atoms with Crippen molar-refractivity contribution in [3.05, 3.63) is 58.1 Å². The van der Waals surface area contributed by atoms with Gasteiger partial charge >= 0.3 is 0 Å². The third-order valence-electron chi connectivity index (χ3n) is 4.12. The third-order valence-corrected chi connectivity index (χ3v) is 4.12. The molecule has 2 heterocycles. The number of hydrogen-bond acceptors (Lipinski definition) is 6. The molecule has 0 saturated heterocycles. The smallest absolute Gasteiger partial charge is 0.270 e. The molecule has 0 amide bonds. The number of nitro groups is 1. The van der Waals surface area contributed by atoms with Crippen LogP contribution in [0.15, 0.2) is 47.0 Å². The summed E-state index contributed by atoms with van der Waals surface area (Å²) in [5.74, 6) is 1.90. The van der Waals surface area contributed by atoms with E-state index in [2.05, 4.69) is 5.16 Å². The molecule has 2 aromatic carbocycles. The van der Waals surface area contributed by atoms with Gasteiger partial charge in [-0.2, -0.15) is 0 Å². The van der Waals surface area contributed by atoms with E-state index < -0.39 is 4.92 Å². The van der Waals surface area contributed by atoms with E-state index in [0.717, 1.165) is 23.3 Å². The normalized spacial score (nSPS) is 12.5. The Bertz CT molecular complexity index is 964. The van der Waals surface area contributed by atoms with Crippen molar-refractivity contribution in [1.29, 1.82) is 0 Å². The Morgan fingerprint density at radius 3 is 2.88 bits per heavy atom. The van der Waals surface area contributed by atoms with Gasteiger partial charge < -0.3 is 14.0 Å². The SMILES string of the molecule is COc1cc(-c2cc(-c3cccc([N+](=O)[O-])c3)on2)cc2c1OCC2. The number of aromatic nitrogens is 1. The first-order valence-electron chi connectivity index (χ1n) is 7.71. The number of methoxy groups -OCH3 is 1. The summed E-state index contributed by atoms with van der Waals surface area (Å²) in [6, 6.07) is 11.9. The van der Waals surface area contributed by atoms with Crippen LogP contribution >= 0.6 is 0 Å². The van der Waals surface area contributed by atoms with Gasteiger partial charge in [-0.25, -0.2) is 0 Å². The molecule has 0 saturated carbocycles. The molecule has 3 aromatic rings. The van der Waals surface area contributed by atoms with Crippen molar-refractivity contribution >= 4 is 5.69 Å². The Labute approximate surface area is 142 Å². The number of hydrogen-bond donors (Lipinski definition) is 0.